The number of aromatic nitrogens is 3. The highest BCUT2D eigenvalue weighted by molar-refractivity contribution is 6.28. The first-order valence-corrected chi connectivity index (χ1v) is 4.02. The molecule has 0 spiro atoms. The zero-order valence-electron chi connectivity index (χ0n) is 7.25. The van der Waals surface area contributed by atoms with E-state index in [1.807, 2.05) is 0 Å². The Hall–Kier alpha value is -1.37. The fraction of sp³-hybridized carbons (Fsp3) is 0.286. The van der Waals surface area contributed by atoms with Gasteiger partial charge in [0.2, 0.25) is 5.28 Å². The summed E-state index contributed by atoms with van der Waals surface area (Å²) in [5.74, 6) is 0.0483. The number of halogens is 4. The molecule has 0 aromatic carbocycles. The minimum atomic E-state index is -4.45. The summed E-state index contributed by atoms with van der Waals surface area (Å²) in [5, 5.41) is -0.253. The third kappa shape index (κ3) is 4.11. The smallest absolute Gasteiger partial charge is 0.422 e. The molecule has 0 radical (unpaired) electrons. The van der Waals surface area contributed by atoms with Crippen molar-refractivity contribution >= 4 is 17.7 Å². The quantitative estimate of drug-likeness (QED) is 0.811. The van der Waals surface area contributed by atoms with Crippen LogP contribution in [-0.4, -0.2) is 27.7 Å². The van der Waals surface area contributed by atoms with Gasteiger partial charge >= 0.3 is 12.2 Å². The van der Waals surface area contributed by atoms with Crippen LogP contribution in [-0.2, 0) is 0 Å². The van der Waals surface area contributed by atoms with Crippen molar-refractivity contribution in [3.63, 3.8) is 0 Å². The molecule has 1 heterocycles. The monoisotopic (exact) mass is 239 g/mol. The van der Waals surface area contributed by atoms with Gasteiger partial charge in [-0.15, -0.1) is 0 Å². The molecule has 0 unspecified atom stereocenters. The average Bonchev–Trinajstić information content (AvgIpc) is 2.13. The molecule has 0 amide bonds. The number of ether oxygens (including phenoxy) is 1. The number of rotatable bonds is 3. The van der Waals surface area contributed by atoms with Crippen LogP contribution in [0.4, 0.5) is 13.2 Å². The van der Waals surface area contributed by atoms with Gasteiger partial charge in [0.05, 0.1) is 0 Å². The molecule has 4 nitrogen and oxygen atoms in total. The van der Waals surface area contributed by atoms with E-state index < -0.39 is 18.8 Å². The van der Waals surface area contributed by atoms with E-state index in [4.69, 9.17) is 11.6 Å². The maximum atomic E-state index is 11.8. The van der Waals surface area contributed by atoms with E-state index in [1.165, 1.54) is 6.08 Å². The van der Waals surface area contributed by atoms with Gasteiger partial charge in [0.15, 0.2) is 12.4 Å². The molecule has 0 saturated carbocycles. The highest BCUT2D eigenvalue weighted by atomic mass is 35.5. The van der Waals surface area contributed by atoms with E-state index in [1.54, 1.807) is 0 Å². The summed E-state index contributed by atoms with van der Waals surface area (Å²) in [4.78, 5) is 10.4. The molecule has 1 aromatic heterocycles. The first-order chi connectivity index (χ1) is 6.90. The van der Waals surface area contributed by atoms with E-state index in [9.17, 15) is 13.2 Å². The molecule has 15 heavy (non-hydrogen) atoms. The van der Waals surface area contributed by atoms with Crippen molar-refractivity contribution in [1.82, 2.24) is 15.0 Å². The van der Waals surface area contributed by atoms with Crippen molar-refractivity contribution in [3.05, 3.63) is 17.7 Å². The van der Waals surface area contributed by atoms with E-state index in [-0.39, 0.29) is 11.1 Å². The largest absolute Gasteiger partial charge is 0.454 e. The second-order valence-electron chi connectivity index (χ2n) is 2.35. The molecule has 0 atom stereocenters. The molecule has 0 aliphatic carbocycles. The van der Waals surface area contributed by atoms with Crippen LogP contribution in [0.5, 0.6) is 6.01 Å². The minimum Gasteiger partial charge on any atom is -0.454 e. The molecule has 0 aliphatic rings. The maximum absolute atomic E-state index is 11.8. The maximum Gasteiger partial charge on any atom is 0.422 e. The van der Waals surface area contributed by atoms with Crippen LogP contribution in [0.1, 0.15) is 5.82 Å². The van der Waals surface area contributed by atoms with Crippen LogP contribution in [0, 0.1) is 0 Å². The lowest BCUT2D eigenvalue weighted by atomic mass is 10.6. The van der Waals surface area contributed by atoms with Crippen molar-refractivity contribution in [2.45, 2.75) is 6.18 Å². The van der Waals surface area contributed by atoms with Gasteiger partial charge in [0.25, 0.3) is 0 Å². The van der Waals surface area contributed by atoms with Crippen molar-refractivity contribution in [1.29, 1.82) is 0 Å². The van der Waals surface area contributed by atoms with Crippen LogP contribution < -0.4 is 4.74 Å². The summed E-state index contributed by atoms with van der Waals surface area (Å²) < 4.78 is 39.6. The Labute approximate surface area is 87.8 Å². The second kappa shape index (κ2) is 4.43. The molecule has 1 rings (SSSR count). The summed E-state index contributed by atoms with van der Waals surface area (Å²) in [6, 6.07) is -0.484. The van der Waals surface area contributed by atoms with Crippen molar-refractivity contribution in [3.8, 4) is 6.01 Å². The molecule has 8 heteroatoms. The standard InChI is InChI=1S/C7H5ClF3N3O/c1-2-4-12-5(8)14-6(13-4)15-3-7(9,10)11/h2H,1,3H2. The highest BCUT2D eigenvalue weighted by Gasteiger charge is 2.29. The Bertz CT molecular complexity index is 369. The van der Waals surface area contributed by atoms with E-state index in [2.05, 4.69) is 26.3 Å². The third-order valence-electron chi connectivity index (χ3n) is 1.15. The number of hydrogen-bond donors (Lipinski definition) is 0. The van der Waals surface area contributed by atoms with Gasteiger partial charge in [-0.05, 0) is 17.7 Å². The Morgan fingerprint density at radius 3 is 2.53 bits per heavy atom. The van der Waals surface area contributed by atoms with E-state index in [0.29, 0.717) is 0 Å². The van der Waals surface area contributed by atoms with E-state index >= 15 is 0 Å². The molecule has 1 aromatic rings. The predicted octanol–water partition coefficient (Wildman–Crippen LogP) is 2.11. The first kappa shape index (κ1) is 11.7. The fourth-order valence-electron chi connectivity index (χ4n) is 0.649. The van der Waals surface area contributed by atoms with Crippen LogP contribution >= 0.6 is 11.6 Å². The summed E-state index contributed by atoms with van der Waals surface area (Å²) in [6.45, 7) is 1.85. The Morgan fingerprint density at radius 2 is 2.00 bits per heavy atom. The Kier molecular flexibility index (Phi) is 3.46. The first-order valence-electron chi connectivity index (χ1n) is 3.64. The fourth-order valence-corrected chi connectivity index (χ4v) is 0.808. The van der Waals surface area contributed by atoms with Crippen LogP contribution in [0.3, 0.4) is 0 Å². The summed E-state index contributed by atoms with van der Waals surface area (Å²) in [6.07, 6.45) is -3.23. The molecule has 0 fully saturated rings. The van der Waals surface area contributed by atoms with Gasteiger partial charge in [-0.25, -0.2) is 0 Å². The average molecular weight is 240 g/mol. The summed E-state index contributed by atoms with van der Waals surface area (Å²) >= 11 is 5.41. The predicted molar refractivity (Wildman–Crippen MR) is 46.5 cm³/mol. The van der Waals surface area contributed by atoms with Gasteiger partial charge in [-0.2, -0.15) is 28.1 Å². The van der Waals surface area contributed by atoms with E-state index in [0.717, 1.165) is 0 Å². The lowest BCUT2D eigenvalue weighted by molar-refractivity contribution is -0.154. The topological polar surface area (TPSA) is 47.9 Å². The Balaban J connectivity index is 2.77. The zero-order valence-corrected chi connectivity index (χ0v) is 8.01. The number of hydrogen-bond acceptors (Lipinski definition) is 4. The molecule has 0 aliphatic heterocycles. The lowest BCUT2D eigenvalue weighted by Crippen LogP contribution is -2.20. The van der Waals surface area contributed by atoms with Crippen LogP contribution in [0.15, 0.2) is 6.58 Å². The SMILES string of the molecule is C=Cc1nc(Cl)nc(OCC(F)(F)F)n1. The minimum absolute atomic E-state index is 0.0483. The van der Waals surface area contributed by atoms with Crippen LogP contribution in [0.25, 0.3) is 6.08 Å². The lowest BCUT2D eigenvalue weighted by Gasteiger charge is -2.07. The van der Waals surface area contributed by atoms with Gasteiger partial charge in [0, 0.05) is 0 Å². The number of alkyl halides is 3. The summed E-state index contributed by atoms with van der Waals surface area (Å²) in [7, 11) is 0. The molecular formula is C7H5ClF3N3O. The van der Waals surface area contributed by atoms with Gasteiger partial charge in [0.1, 0.15) is 0 Å². The normalized spacial score (nSPS) is 11.2. The number of nitrogens with zero attached hydrogens (tertiary/aromatic N) is 3. The molecular weight excluding hydrogens is 235 g/mol. The highest BCUT2D eigenvalue weighted by Crippen LogP contribution is 2.16. The summed E-state index contributed by atoms with van der Waals surface area (Å²) in [5.41, 5.74) is 0. The second-order valence-corrected chi connectivity index (χ2v) is 2.69. The van der Waals surface area contributed by atoms with Crippen molar-refractivity contribution in [2.24, 2.45) is 0 Å². The molecule has 82 valence electrons. The molecule has 0 saturated heterocycles. The van der Waals surface area contributed by atoms with Gasteiger partial charge < -0.3 is 4.74 Å². The van der Waals surface area contributed by atoms with Gasteiger partial charge in [-0.3, -0.25) is 0 Å². The Morgan fingerprint density at radius 1 is 1.33 bits per heavy atom. The zero-order chi connectivity index (χ0) is 11.5. The van der Waals surface area contributed by atoms with Crippen molar-refractivity contribution in [2.75, 3.05) is 6.61 Å². The molecule has 0 N–H and O–H groups in total. The van der Waals surface area contributed by atoms with Crippen LogP contribution in [0.2, 0.25) is 5.28 Å². The third-order valence-corrected chi connectivity index (χ3v) is 1.32. The van der Waals surface area contributed by atoms with Crippen molar-refractivity contribution < 1.29 is 17.9 Å². The molecule has 0 bridgehead atoms. The van der Waals surface area contributed by atoms with Gasteiger partial charge in [-0.1, -0.05) is 6.58 Å².